The van der Waals surface area contributed by atoms with Gasteiger partial charge >= 0.3 is 255 Å². The summed E-state index contributed by atoms with van der Waals surface area (Å²) in [5.41, 5.74) is 6.17. The van der Waals surface area contributed by atoms with Gasteiger partial charge in [0.25, 0.3) is 0 Å². The van der Waals surface area contributed by atoms with Gasteiger partial charge in [-0.05, 0) is 0 Å². The van der Waals surface area contributed by atoms with Gasteiger partial charge in [0.1, 0.15) is 0 Å². The van der Waals surface area contributed by atoms with Crippen molar-refractivity contribution < 1.29 is 17.7 Å². The van der Waals surface area contributed by atoms with Gasteiger partial charge in [-0.3, -0.25) is 0 Å². The Labute approximate surface area is 253 Å². The average molecular weight is 653 g/mol. The minimum absolute atomic E-state index is 0.128. The molecule has 0 amide bonds. The topological polar surface area (TPSA) is 66.8 Å². The Balaban J connectivity index is 1.50. The van der Waals surface area contributed by atoms with E-state index in [1.165, 1.54) is 52.0 Å². The number of hydrogen-bond donors (Lipinski definition) is 1. The Bertz CT molecular complexity index is 1710. The van der Waals surface area contributed by atoms with Crippen LogP contribution in [-0.4, -0.2) is 47.3 Å². The zero-order chi connectivity index (χ0) is 29.0. The van der Waals surface area contributed by atoms with Gasteiger partial charge in [0, 0.05) is 0 Å². The molecule has 0 saturated heterocycles. The summed E-state index contributed by atoms with van der Waals surface area (Å²) in [6, 6.07) is 23.4. The second-order valence-electron chi connectivity index (χ2n) is 10.0. The quantitative estimate of drug-likeness (QED) is 0.105. The molecular formula is C33H35NO4S2Se. The van der Waals surface area contributed by atoms with Gasteiger partial charge in [-0.1, -0.05) is 0 Å². The van der Waals surface area contributed by atoms with Crippen LogP contribution in [0.5, 0.6) is 5.75 Å². The molecule has 5 rings (SSSR count). The first-order valence-electron chi connectivity index (χ1n) is 13.9. The maximum atomic E-state index is 11.3. The van der Waals surface area contributed by atoms with E-state index in [0.717, 1.165) is 18.6 Å². The molecule has 0 bridgehead atoms. The molecule has 4 aromatic rings. The van der Waals surface area contributed by atoms with E-state index in [1.807, 2.05) is 23.5 Å². The Hall–Kier alpha value is -2.87. The molecule has 214 valence electrons. The van der Waals surface area contributed by atoms with Gasteiger partial charge in [-0.15, -0.1) is 0 Å². The Morgan fingerprint density at radius 1 is 1.02 bits per heavy atom. The number of unbranched alkanes of at least 4 members (excludes halogenated alkanes) is 1. The third-order valence-corrected chi connectivity index (χ3v) is 11.6. The fraction of sp³-hybridized carbons (Fsp3) is 0.273. The SMILES string of the molecule is CCC(/C=C1\[Se]c2ccc(-c3ccccc3)cc2N1CCCCS(=O)(=O)O)=C\c1sc2ccc(OC)cc2c1CC. The van der Waals surface area contributed by atoms with Gasteiger partial charge in [0.15, 0.2) is 0 Å². The zero-order valence-electron chi connectivity index (χ0n) is 23.6. The van der Waals surface area contributed by atoms with E-state index in [-0.39, 0.29) is 20.7 Å². The molecule has 3 aromatic carbocycles. The van der Waals surface area contributed by atoms with E-state index in [9.17, 15) is 13.0 Å². The molecule has 0 unspecified atom stereocenters. The van der Waals surface area contributed by atoms with Gasteiger partial charge < -0.3 is 0 Å². The fourth-order valence-electron chi connectivity index (χ4n) is 5.13. The van der Waals surface area contributed by atoms with Gasteiger partial charge in [-0.2, -0.15) is 0 Å². The summed E-state index contributed by atoms with van der Waals surface area (Å²) in [5, 5.41) is 1.26. The van der Waals surface area contributed by atoms with Crippen LogP contribution in [0.4, 0.5) is 5.69 Å². The molecule has 1 N–H and O–H groups in total. The van der Waals surface area contributed by atoms with Crippen molar-refractivity contribution >= 4 is 62.7 Å². The van der Waals surface area contributed by atoms with Crippen LogP contribution in [0.2, 0.25) is 0 Å². The Morgan fingerprint density at radius 3 is 2.54 bits per heavy atom. The number of hydrogen-bond acceptors (Lipinski definition) is 5. The van der Waals surface area contributed by atoms with Gasteiger partial charge in [0.05, 0.1) is 0 Å². The van der Waals surface area contributed by atoms with Crippen LogP contribution in [-0.2, 0) is 16.5 Å². The van der Waals surface area contributed by atoms with Crippen molar-refractivity contribution in [2.75, 3.05) is 24.3 Å². The Morgan fingerprint density at radius 2 is 1.83 bits per heavy atom. The van der Waals surface area contributed by atoms with Crippen LogP contribution in [0.15, 0.2) is 83.0 Å². The molecule has 0 fully saturated rings. The number of aryl methyl sites for hydroxylation is 1. The van der Waals surface area contributed by atoms with Crippen molar-refractivity contribution in [2.45, 2.75) is 39.5 Å². The number of allylic oxidation sites excluding steroid dienone is 2. The number of anilines is 1. The first-order chi connectivity index (χ1) is 19.8. The third-order valence-electron chi connectivity index (χ3n) is 7.29. The molecule has 1 aromatic heterocycles. The summed E-state index contributed by atoms with van der Waals surface area (Å²) in [7, 11) is -2.25. The number of methoxy groups -OCH3 is 1. The van der Waals surface area contributed by atoms with E-state index in [0.29, 0.717) is 19.4 Å². The minimum atomic E-state index is -3.96. The van der Waals surface area contributed by atoms with Crippen molar-refractivity contribution in [3.63, 3.8) is 0 Å². The van der Waals surface area contributed by atoms with Crippen LogP contribution in [0, 0.1) is 0 Å². The van der Waals surface area contributed by atoms with E-state index in [4.69, 9.17) is 4.74 Å². The van der Waals surface area contributed by atoms with Crippen molar-refractivity contribution in [2.24, 2.45) is 0 Å². The summed E-state index contributed by atoms with van der Waals surface area (Å²) >= 11 is 1.95. The molecule has 2 heterocycles. The molecule has 1 aliphatic rings. The van der Waals surface area contributed by atoms with E-state index >= 15 is 0 Å². The molecule has 0 spiro atoms. The van der Waals surface area contributed by atoms with Gasteiger partial charge in [0.2, 0.25) is 0 Å². The number of ether oxygens (including phenoxy) is 1. The predicted molar refractivity (Wildman–Crippen MR) is 174 cm³/mol. The molecule has 1 aliphatic heterocycles. The molecule has 0 radical (unpaired) electrons. The average Bonchev–Trinajstić information content (AvgIpc) is 3.50. The first kappa shape index (κ1) is 29.6. The molecule has 0 aliphatic carbocycles. The molecule has 41 heavy (non-hydrogen) atoms. The summed E-state index contributed by atoms with van der Waals surface area (Å²) < 4.78 is 41.2. The number of benzene rings is 3. The summed E-state index contributed by atoms with van der Waals surface area (Å²) in [5.74, 6) is 0.669. The van der Waals surface area contributed by atoms with Crippen LogP contribution in [0.25, 0.3) is 27.3 Å². The fourth-order valence-corrected chi connectivity index (χ4v) is 9.36. The molecule has 0 atom stereocenters. The third kappa shape index (κ3) is 6.96. The van der Waals surface area contributed by atoms with E-state index < -0.39 is 10.1 Å². The number of fused-ring (bicyclic) bond motifs is 2. The normalized spacial score (nSPS) is 14.7. The van der Waals surface area contributed by atoms with Crippen molar-refractivity contribution in [3.8, 4) is 16.9 Å². The van der Waals surface area contributed by atoms with Crippen molar-refractivity contribution in [3.05, 3.63) is 93.4 Å². The number of rotatable bonds is 11. The predicted octanol–water partition coefficient (Wildman–Crippen LogP) is 7.29. The van der Waals surface area contributed by atoms with Gasteiger partial charge in [-0.25, -0.2) is 0 Å². The number of nitrogens with zero attached hydrogens (tertiary/aromatic N) is 1. The standard InChI is InChI=1S/C33H35NO4S2Se/c1-4-23(19-31-27(5-2)28-22-26(38-3)14-15-30(28)39-31)20-33-34(17-9-10-18-40(35,36)37)29-21-25(13-16-32(29)41-33)24-11-7-6-8-12-24/h6-8,11-16,19-22H,4-5,9-10,17-18H2,1-3H3,(H,35,36,37)/b23-19+,33-20-. The number of thiophene rings is 1. The van der Waals surface area contributed by atoms with Crippen LogP contribution < -0.4 is 14.1 Å². The van der Waals surface area contributed by atoms with Crippen molar-refractivity contribution in [1.29, 1.82) is 0 Å². The summed E-state index contributed by atoms with van der Waals surface area (Å²) in [6.07, 6.45) is 7.63. The molecule has 8 heteroatoms. The second kappa shape index (κ2) is 13.0. The van der Waals surface area contributed by atoms with E-state index in [1.54, 1.807) is 7.11 Å². The van der Waals surface area contributed by atoms with Crippen LogP contribution >= 0.6 is 11.3 Å². The summed E-state index contributed by atoms with van der Waals surface area (Å²) in [6.45, 7) is 5.11. The zero-order valence-corrected chi connectivity index (χ0v) is 26.9. The summed E-state index contributed by atoms with van der Waals surface area (Å²) in [4.78, 5) is 3.66. The molecule has 5 nitrogen and oxygen atoms in total. The van der Waals surface area contributed by atoms with Crippen molar-refractivity contribution in [1.82, 2.24) is 0 Å². The first-order valence-corrected chi connectivity index (χ1v) is 18.0. The van der Waals surface area contributed by atoms with E-state index in [2.05, 4.69) is 85.5 Å². The van der Waals surface area contributed by atoms with Crippen LogP contribution in [0.1, 0.15) is 43.6 Å². The monoisotopic (exact) mass is 653 g/mol. The molecule has 0 saturated carbocycles. The van der Waals surface area contributed by atoms with Crippen LogP contribution in [0.3, 0.4) is 0 Å². The Kier molecular flexibility index (Phi) is 9.37. The second-order valence-corrected chi connectivity index (χ2v) is 14.9. The molecular weight excluding hydrogens is 617 g/mol. The maximum absolute atomic E-state index is 11.3.